The predicted molar refractivity (Wildman–Crippen MR) is 95.8 cm³/mol. The van der Waals surface area contributed by atoms with Crippen LogP contribution in [0.25, 0.3) is 0 Å². The van der Waals surface area contributed by atoms with Crippen molar-refractivity contribution in [1.82, 2.24) is 5.32 Å². The molecule has 0 bridgehead atoms. The summed E-state index contributed by atoms with van der Waals surface area (Å²) in [5.74, 6) is -1.63. The van der Waals surface area contributed by atoms with Gasteiger partial charge in [0.25, 0.3) is 5.91 Å². The Bertz CT molecular complexity index is 618. The second-order valence-corrected chi connectivity index (χ2v) is 6.54. The van der Waals surface area contributed by atoms with E-state index >= 15 is 0 Å². The molecule has 0 radical (unpaired) electrons. The Balaban J connectivity index is 3.11. The monoisotopic (exact) mass is 349 g/mol. The lowest BCUT2D eigenvalue weighted by molar-refractivity contribution is -0.145. The molecule has 1 unspecified atom stereocenters. The zero-order valence-electron chi connectivity index (χ0n) is 15.4. The van der Waals surface area contributed by atoms with Gasteiger partial charge in [0.1, 0.15) is 5.54 Å². The standard InChI is InChI=1S/C18H27N3O4/c1-12(2)15(19)16(23)20-18(3,11-14(22)25-5)17(24)21(4)13-9-7-6-8-10-13/h6-10,12,15H,11,19H2,1-5H3,(H,20,23)/t15-,18?/m0/s1. The number of hydrogen-bond acceptors (Lipinski definition) is 5. The molecule has 7 heteroatoms. The van der Waals surface area contributed by atoms with Crippen molar-refractivity contribution in [2.45, 2.75) is 38.8 Å². The molecule has 0 aliphatic rings. The van der Waals surface area contributed by atoms with Gasteiger partial charge < -0.3 is 20.7 Å². The van der Waals surface area contributed by atoms with E-state index in [1.165, 1.54) is 18.9 Å². The molecule has 0 aliphatic carbocycles. The molecule has 2 amide bonds. The highest BCUT2D eigenvalue weighted by Crippen LogP contribution is 2.20. The SMILES string of the molecule is COC(=O)CC(C)(NC(=O)[C@@H](N)C(C)C)C(=O)N(C)c1ccccc1. The molecule has 2 atom stereocenters. The maximum atomic E-state index is 13.0. The second-order valence-electron chi connectivity index (χ2n) is 6.54. The van der Waals surface area contributed by atoms with E-state index in [9.17, 15) is 14.4 Å². The van der Waals surface area contributed by atoms with E-state index in [1.54, 1.807) is 45.2 Å². The fourth-order valence-electron chi connectivity index (χ4n) is 2.33. The van der Waals surface area contributed by atoms with E-state index in [-0.39, 0.29) is 12.3 Å². The first-order chi connectivity index (χ1) is 11.6. The molecule has 0 saturated carbocycles. The van der Waals surface area contributed by atoms with Crippen molar-refractivity contribution in [2.75, 3.05) is 19.1 Å². The van der Waals surface area contributed by atoms with E-state index in [4.69, 9.17) is 5.73 Å². The van der Waals surface area contributed by atoms with Crippen molar-refractivity contribution < 1.29 is 19.1 Å². The lowest BCUT2D eigenvalue weighted by Gasteiger charge is -2.34. The first-order valence-electron chi connectivity index (χ1n) is 8.10. The third-order valence-corrected chi connectivity index (χ3v) is 4.07. The smallest absolute Gasteiger partial charge is 0.308 e. The number of amides is 2. The maximum absolute atomic E-state index is 13.0. The van der Waals surface area contributed by atoms with Crippen molar-refractivity contribution >= 4 is 23.5 Å². The molecule has 1 rings (SSSR count). The summed E-state index contributed by atoms with van der Waals surface area (Å²) >= 11 is 0. The quantitative estimate of drug-likeness (QED) is 0.717. The van der Waals surface area contributed by atoms with E-state index in [2.05, 4.69) is 10.1 Å². The van der Waals surface area contributed by atoms with E-state index in [1.807, 2.05) is 6.07 Å². The van der Waals surface area contributed by atoms with Crippen LogP contribution in [0.1, 0.15) is 27.2 Å². The van der Waals surface area contributed by atoms with Crippen molar-refractivity contribution in [1.29, 1.82) is 0 Å². The number of esters is 1. The fourth-order valence-corrected chi connectivity index (χ4v) is 2.33. The van der Waals surface area contributed by atoms with Gasteiger partial charge in [0.05, 0.1) is 19.6 Å². The minimum absolute atomic E-state index is 0.107. The summed E-state index contributed by atoms with van der Waals surface area (Å²) in [4.78, 5) is 38.6. The first-order valence-corrected chi connectivity index (χ1v) is 8.10. The van der Waals surface area contributed by atoms with Crippen LogP contribution in [-0.2, 0) is 19.1 Å². The average Bonchev–Trinajstić information content (AvgIpc) is 2.59. The van der Waals surface area contributed by atoms with Gasteiger partial charge in [-0.2, -0.15) is 0 Å². The molecule has 0 saturated heterocycles. The van der Waals surface area contributed by atoms with Crippen molar-refractivity contribution in [3.05, 3.63) is 30.3 Å². The molecule has 3 N–H and O–H groups in total. The number of likely N-dealkylation sites (N-methyl/N-ethyl adjacent to an activating group) is 1. The third-order valence-electron chi connectivity index (χ3n) is 4.07. The van der Waals surface area contributed by atoms with E-state index in [0.29, 0.717) is 5.69 Å². The Kier molecular flexibility index (Phi) is 7.11. The van der Waals surface area contributed by atoms with Crippen molar-refractivity contribution in [2.24, 2.45) is 11.7 Å². The minimum Gasteiger partial charge on any atom is -0.469 e. The lowest BCUT2D eigenvalue weighted by atomic mass is 9.93. The molecule has 0 aromatic heterocycles. The predicted octanol–water partition coefficient (Wildman–Crippen LogP) is 1.07. The van der Waals surface area contributed by atoms with Gasteiger partial charge in [-0.05, 0) is 25.0 Å². The summed E-state index contributed by atoms with van der Waals surface area (Å²) in [7, 11) is 2.82. The number of ether oxygens (including phenoxy) is 1. The van der Waals surface area contributed by atoms with Gasteiger partial charge in [-0.3, -0.25) is 14.4 Å². The Morgan fingerprint density at radius 2 is 1.80 bits per heavy atom. The van der Waals surface area contributed by atoms with Crippen LogP contribution in [0.4, 0.5) is 5.69 Å². The van der Waals surface area contributed by atoms with Gasteiger partial charge in [0.2, 0.25) is 5.91 Å². The number of nitrogens with one attached hydrogen (secondary N) is 1. The molecule has 0 fully saturated rings. The molecule has 0 spiro atoms. The number of anilines is 1. The number of nitrogens with two attached hydrogens (primary N) is 1. The molecule has 25 heavy (non-hydrogen) atoms. The van der Waals surface area contributed by atoms with Crippen molar-refractivity contribution in [3.8, 4) is 0 Å². The maximum Gasteiger partial charge on any atom is 0.308 e. The van der Waals surface area contributed by atoms with Gasteiger partial charge in [0.15, 0.2) is 0 Å². The Hall–Kier alpha value is -2.41. The number of carbonyl (C=O) groups excluding carboxylic acids is 3. The summed E-state index contributed by atoms with van der Waals surface area (Å²) in [6.45, 7) is 5.11. The molecular formula is C18H27N3O4. The van der Waals surface area contributed by atoms with Crippen LogP contribution in [0.15, 0.2) is 30.3 Å². The molecule has 1 aromatic carbocycles. The van der Waals surface area contributed by atoms with Crippen LogP contribution in [0.5, 0.6) is 0 Å². The van der Waals surface area contributed by atoms with Gasteiger partial charge >= 0.3 is 5.97 Å². The molecule has 0 aliphatic heterocycles. The van der Waals surface area contributed by atoms with Crippen LogP contribution in [0, 0.1) is 5.92 Å². The van der Waals surface area contributed by atoms with Gasteiger partial charge in [-0.25, -0.2) is 0 Å². The van der Waals surface area contributed by atoms with Crippen molar-refractivity contribution in [3.63, 3.8) is 0 Å². The number of nitrogens with zero attached hydrogens (tertiary/aromatic N) is 1. The highest BCUT2D eigenvalue weighted by atomic mass is 16.5. The lowest BCUT2D eigenvalue weighted by Crippen LogP contribution is -2.61. The molecular weight excluding hydrogens is 322 g/mol. The highest BCUT2D eigenvalue weighted by molar-refractivity contribution is 6.04. The largest absolute Gasteiger partial charge is 0.469 e. The summed E-state index contributed by atoms with van der Waals surface area (Å²) in [6, 6.07) is 8.16. The summed E-state index contributed by atoms with van der Waals surface area (Å²) in [6.07, 6.45) is -0.296. The zero-order valence-corrected chi connectivity index (χ0v) is 15.4. The summed E-state index contributed by atoms with van der Waals surface area (Å²) in [5, 5.41) is 2.63. The van der Waals surface area contributed by atoms with Crippen LogP contribution in [-0.4, -0.2) is 43.5 Å². The minimum atomic E-state index is -1.47. The van der Waals surface area contributed by atoms with Gasteiger partial charge in [-0.15, -0.1) is 0 Å². The first kappa shape index (κ1) is 20.6. The Morgan fingerprint density at radius 1 is 1.24 bits per heavy atom. The van der Waals surface area contributed by atoms with Gasteiger partial charge in [-0.1, -0.05) is 32.0 Å². The van der Waals surface area contributed by atoms with Crippen LogP contribution in [0.3, 0.4) is 0 Å². The van der Waals surface area contributed by atoms with Crippen LogP contribution < -0.4 is 16.0 Å². The molecule has 138 valence electrons. The number of benzene rings is 1. The normalized spacial score (nSPS) is 14.4. The van der Waals surface area contributed by atoms with E-state index in [0.717, 1.165) is 0 Å². The summed E-state index contributed by atoms with van der Waals surface area (Å²) in [5.41, 5.74) is 5.04. The molecule has 0 heterocycles. The fraction of sp³-hybridized carbons (Fsp3) is 0.500. The van der Waals surface area contributed by atoms with Gasteiger partial charge in [0, 0.05) is 12.7 Å². The Labute approximate surface area is 148 Å². The second kappa shape index (κ2) is 8.62. The number of carbonyl (C=O) groups is 3. The zero-order chi connectivity index (χ0) is 19.2. The van der Waals surface area contributed by atoms with Crippen LogP contribution >= 0.6 is 0 Å². The van der Waals surface area contributed by atoms with E-state index < -0.39 is 29.4 Å². The van der Waals surface area contributed by atoms with Crippen LogP contribution in [0.2, 0.25) is 0 Å². The third kappa shape index (κ3) is 5.29. The summed E-state index contributed by atoms with van der Waals surface area (Å²) < 4.78 is 4.68. The average molecular weight is 349 g/mol. The number of para-hydroxylation sites is 1. The topological polar surface area (TPSA) is 102 Å². The molecule has 1 aromatic rings. The number of rotatable bonds is 7. The number of methoxy groups -OCH3 is 1. The molecule has 7 nitrogen and oxygen atoms in total. The Morgan fingerprint density at radius 3 is 2.28 bits per heavy atom. The number of hydrogen-bond donors (Lipinski definition) is 2. The highest BCUT2D eigenvalue weighted by Gasteiger charge is 2.41.